The lowest BCUT2D eigenvalue weighted by Gasteiger charge is -2.16. The van der Waals surface area contributed by atoms with Crippen LogP contribution >= 0.6 is 0 Å². The Bertz CT molecular complexity index is 1490. The number of hydrazone groups is 1. The van der Waals surface area contributed by atoms with Gasteiger partial charge in [0.2, 0.25) is 0 Å². The molecule has 0 atom stereocenters. The van der Waals surface area contributed by atoms with E-state index < -0.39 is 5.91 Å². The van der Waals surface area contributed by atoms with Crippen LogP contribution in [-0.4, -0.2) is 43.6 Å². The highest BCUT2D eigenvalue weighted by Crippen LogP contribution is 2.36. The van der Waals surface area contributed by atoms with Gasteiger partial charge in [-0.25, -0.2) is 5.43 Å². The molecule has 0 aromatic heterocycles. The Morgan fingerprint density at radius 3 is 2.42 bits per heavy atom. The highest BCUT2D eigenvalue weighted by molar-refractivity contribution is 6.26. The first-order chi connectivity index (χ1) is 18.6. The average Bonchev–Trinajstić information content (AvgIpc) is 3.21. The molecule has 5 rings (SSSR count). The maximum Gasteiger partial charge on any atom is 0.260 e. The van der Waals surface area contributed by atoms with Crippen molar-refractivity contribution in [1.82, 2.24) is 10.7 Å². The van der Waals surface area contributed by atoms with Crippen LogP contribution in [0.3, 0.4) is 0 Å². The van der Waals surface area contributed by atoms with Gasteiger partial charge in [-0.05, 0) is 59.3 Å². The van der Waals surface area contributed by atoms with Gasteiger partial charge in [0, 0.05) is 17.5 Å². The molecule has 4 aromatic carbocycles. The zero-order valence-corrected chi connectivity index (χ0v) is 20.6. The molecule has 0 fully saturated rings. The van der Waals surface area contributed by atoms with Crippen LogP contribution in [-0.2, 0) is 16.0 Å². The second-order valence-electron chi connectivity index (χ2n) is 8.81. The molecule has 38 heavy (non-hydrogen) atoms. The van der Waals surface area contributed by atoms with Crippen LogP contribution in [0.25, 0.3) is 10.8 Å². The Morgan fingerprint density at radius 1 is 0.868 bits per heavy atom. The van der Waals surface area contributed by atoms with E-state index >= 15 is 0 Å². The SMILES string of the molecule is O=C(COc1ccc(/C=N/NC(=O)CN2C(=O)c3cccc4cccc2c34)cc1)NCCc1ccccc1. The Morgan fingerprint density at radius 2 is 1.63 bits per heavy atom. The molecule has 0 bridgehead atoms. The maximum atomic E-state index is 12.8. The lowest BCUT2D eigenvalue weighted by molar-refractivity contribution is -0.123. The van der Waals surface area contributed by atoms with E-state index in [2.05, 4.69) is 15.8 Å². The monoisotopic (exact) mass is 506 g/mol. The van der Waals surface area contributed by atoms with Crippen LogP contribution in [0, 0.1) is 0 Å². The molecule has 3 amide bonds. The minimum absolute atomic E-state index is 0.0783. The van der Waals surface area contributed by atoms with Crippen LogP contribution in [0.1, 0.15) is 21.5 Å². The zero-order valence-electron chi connectivity index (χ0n) is 20.6. The van der Waals surface area contributed by atoms with Crippen molar-refractivity contribution in [2.75, 3.05) is 24.6 Å². The normalized spacial score (nSPS) is 12.2. The summed E-state index contributed by atoms with van der Waals surface area (Å²) in [6, 6.07) is 28.1. The summed E-state index contributed by atoms with van der Waals surface area (Å²) in [5.41, 5.74) is 5.70. The van der Waals surface area contributed by atoms with E-state index in [1.54, 1.807) is 30.3 Å². The minimum Gasteiger partial charge on any atom is -0.484 e. The third kappa shape index (κ3) is 5.70. The Kier molecular flexibility index (Phi) is 7.40. The van der Waals surface area contributed by atoms with Gasteiger partial charge < -0.3 is 10.1 Å². The van der Waals surface area contributed by atoms with E-state index in [-0.39, 0.29) is 25.0 Å². The molecule has 0 spiro atoms. The van der Waals surface area contributed by atoms with Crippen molar-refractivity contribution >= 4 is 40.4 Å². The van der Waals surface area contributed by atoms with Crippen LogP contribution in [0.15, 0.2) is 96.1 Å². The molecule has 1 heterocycles. The Balaban J connectivity index is 1.06. The fourth-order valence-electron chi connectivity index (χ4n) is 4.33. The average molecular weight is 507 g/mol. The summed E-state index contributed by atoms with van der Waals surface area (Å²) >= 11 is 0. The topological polar surface area (TPSA) is 100 Å². The van der Waals surface area contributed by atoms with Gasteiger partial charge in [-0.2, -0.15) is 5.10 Å². The Labute approximate surface area is 219 Å². The van der Waals surface area contributed by atoms with Gasteiger partial charge >= 0.3 is 0 Å². The summed E-state index contributed by atoms with van der Waals surface area (Å²) < 4.78 is 5.54. The first-order valence-corrected chi connectivity index (χ1v) is 12.3. The zero-order chi connectivity index (χ0) is 26.3. The number of amides is 3. The summed E-state index contributed by atoms with van der Waals surface area (Å²) in [7, 11) is 0. The van der Waals surface area contributed by atoms with Crippen molar-refractivity contribution in [3.05, 3.63) is 108 Å². The van der Waals surface area contributed by atoms with E-state index in [1.807, 2.05) is 60.7 Å². The number of ether oxygens (including phenoxy) is 1. The molecule has 1 aliphatic rings. The number of carbonyl (C=O) groups is 3. The number of nitrogens with zero attached hydrogens (tertiary/aromatic N) is 2. The van der Waals surface area contributed by atoms with Crippen molar-refractivity contribution in [2.45, 2.75) is 6.42 Å². The third-order valence-electron chi connectivity index (χ3n) is 6.18. The van der Waals surface area contributed by atoms with E-state index in [0.29, 0.717) is 17.9 Å². The van der Waals surface area contributed by atoms with Gasteiger partial charge in [0.25, 0.3) is 17.7 Å². The predicted molar refractivity (Wildman–Crippen MR) is 146 cm³/mol. The third-order valence-corrected chi connectivity index (χ3v) is 6.18. The van der Waals surface area contributed by atoms with Crippen LogP contribution in [0.4, 0.5) is 5.69 Å². The Hall–Kier alpha value is -4.98. The quantitative estimate of drug-likeness (QED) is 0.253. The minimum atomic E-state index is -0.405. The number of carbonyl (C=O) groups excluding carboxylic acids is 3. The molecule has 190 valence electrons. The highest BCUT2D eigenvalue weighted by Gasteiger charge is 2.30. The summed E-state index contributed by atoms with van der Waals surface area (Å²) in [5, 5.41) is 8.67. The maximum absolute atomic E-state index is 12.8. The summed E-state index contributed by atoms with van der Waals surface area (Å²) in [6.45, 7) is 0.330. The molecule has 0 radical (unpaired) electrons. The highest BCUT2D eigenvalue weighted by atomic mass is 16.5. The number of benzene rings is 4. The molecule has 0 saturated heterocycles. The van der Waals surface area contributed by atoms with Gasteiger partial charge in [-0.3, -0.25) is 19.3 Å². The van der Waals surface area contributed by atoms with Crippen LogP contribution in [0.2, 0.25) is 0 Å². The smallest absolute Gasteiger partial charge is 0.260 e. The second-order valence-corrected chi connectivity index (χ2v) is 8.81. The molecule has 2 N–H and O–H groups in total. The molecule has 8 heteroatoms. The van der Waals surface area contributed by atoms with Crippen molar-refractivity contribution in [2.24, 2.45) is 5.10 Å². The van der Waals surface area contributed by atoms with Crippen LogP contribution < -0.4 is 20.4 Å². The van der Waals surface area contributed by atoms with Gasteiger partial charge in [-0.15, -0.1) is 0 Å². The summed E-state index contributed by atoms with van der Waals surface area (Å²) in [5.74, 6) is -0.246. The predicted octanol–water partition coefficient (Wildman–Crippen LogP) is 3.69. The molecule has 8 nitrogen and oxygen atoms in total. The van der Waals surface area contributed by atoms with E-state index in [9.17, 15) is 14.4 Å². The number of anilines is 1. The van der Waals surface area contributed by atoms with Crippen molar-refractivity contribution < 1.29 is 19.1 Å². The number of hydrogen-bond acceptors (Lipinski definition) is 5. The number of hydrogen-bond donors (Lipinski definition) is 2. The van der Waals surface area contributed by atoms with E-state index in [1.165, 1.54) is 11.1 Å². The molecular weight excluding hydrogens is 480 g/mol. The van der Waals surface area contributed by atoms with Crippen molar-refractivity contribution in [3.8, 4) is 5.75 Å². The molecule has 0 aliphatic carbocycles. The largest absolute Gasteiger partial charge is 0.484 e. The number of nitrogens with one attached hydrogen (secondary N) is 2. The molecular formula is C30H26N4O4. The van der Waals surface area contributed by atoms with Gasteiger partial charge in [0.05, 0.1) is 11.9 Å². The van der Waals surface area contributed by atoms with E-state index in [4.69, 9.17) is 4.74 Å². The molecule has 0 saturated carbocycles. The second kappa shape index (κ2) is 11.4. The molecule has 4 aromatic rings. The molecule has 1 aliphatic heterocycles. The van der Waals surface area contributed by atoms with Crippen LogP contribution in [0.5, 0.6) is 5.75 Å². The van der Waals surface area contributed by atoms with Gasteiger partial charge in [-0.1, -0.05) is 54.6 Å². The fraction of sp³-hybridized carbons (Fsp3) is 0.133. The lowest BCUT2D eigenvalue weighted by atomic mass is 10.1. The standard InChI is InChI=1S/C30H26N4O4/c35-27(19-34-26-11-5-9-23-8-4-10-25(29(23)26)30(34)37)33-32-18-22-12-14-24(15-13-22)38-20-28(36)31-17-16-21-6-2-1-3-7-21/h1-15,18H,16-17,19-20H2,(H,31,36)(H,33,35)/b32-18+. The summed E-state index contributed by atoms with van der Waals surface area (Å²) in [6.07, 6.45) is 2.26. The molecule has 0 unspecified atom stereocenters. The van der Waals surface area contributed by atoms with Crippen molar-refractivity contribution in [3.63, 3.8) is 0 Å². The van der Waals surface area contributed by atoms with Gasteiger partial charge in [0.1, 0.15) is 12.3 Å². The van der Waals surface area contributed by atoms with E-state index in [0.717, 1.165) is 34.0 Å². The first kappa shape index (κ1) is 24.7. The van der Waals surface area contributed by atoms with Gasteiger partial charge in [0.15, 0.2) is 6.61 Å². The number of rotatable bonds is 10. The fourth-order valence-corrected chi connectivity index (χ4v) is 4.33. The lowest BCUT2D eigenvalue weighted by Crippen LogP contribution is -2.37. The summed E-state index contributed by atoms with van der Waals surface area (Å²) in [4.78, 5) is 38.8. The van der Waals surface area contributed by atoms with Crippen molar-refractivity contribution in [1.29, 1.82) is 0 Å². The first-order valence-electron chi connectivity index (χ1n) is 12.3.